The lowest BCUT2D eigenvalue weighted by Crippen LogP contribution is -2.10. The molecule has 0 N–H and O–H groups in total. The van der Waals surface area contributed by atoms with Crippen molar-refractivity contribution < 1.29 is 0 Å². The fraction of sp³-hybridized carbons (Fsp3) is 0. The molecule has 3 heteroatoms. The highest BCUT2D eigenvalue weighted by atomic mass is 15.1. The van der Waals surface area contributed by atoms with Crippen molar-refractivity contribution >= 4 is 71.4 Å². The van der Waals surface area contributed by atoms with Crippen LogP contribution in [-0.2, 0) is 0 Å². The van der Waals surface area contributed by atoms with E-state index in [4.69, 9.17) is 0 Å². The Balaban J connectivity index is 0.980. The zero-order valence-corrected chi connectivity index (χ0v) is 35.5. The molecule has 65 heavy (non-hydrogen) atoms. The van der Waals surface area contributed by atoms with Gasteiger partial charge in [0.25, 0.3) is 0 Å². The van der Waals surface area contributed by atoms with Crippen LogP contribution < -0.4 is 4.90 Å². The molecule has 0 atom stereocenters. The first kappa shape index (κ1) is 36.9. The average molecular weight is 828 g/mol. The summed E-state index contributed by atoms with van der Waals surface area (Å²) < 4.78 is 4.86. The maximum atomic E-state index is 2.47. The van der Waals surface area contributed by atoms with Gasteiger partial charge in [-0.3, -0.25) is 0 Å². The molecule has 11 aromatic carbocycles. The monoisotopic (exact) mass is 827 g/mol. The Morgan fingerprint density at radius 2 is 0.646 bits per heavy atom. The molecule has 0 spiro atoms. The summed E-state index contributed by atoms with van der Waals surface area (Å²) in [6.45, 7) is 0. The Morgan fingerprint density at radius 3 is 1.20 bits per heavy atom. The van der Waals surface area contributed by atoms with Gasteiger partial charge in [0.1, 0.15) is 0 Å². The van der Waals surface area contributed by atoms with E-state index in [1.807, 2.05) is 0 Å². The van der Waals surface area contributed by atoms with Gasteiger partial charge in [-0.15, -0.1) is 0 Å². The summed E-state index contributed by atoms with van der Waals surface area (Å²) in [7, 11) is 0. The molecule has 0 aliphatic heterocycles. The molecule has 3 nitrogen and oxygen atoms in total. The number of para-hydroxylation sites is 3. The highest BCUT2D eigenvalue weighted by molar-refractivity contribution is 6.26. The van der Waals surface area contributed by atoms with Gasteiger partial charge in [0.15, 0.2) is 0 Å². The predicted octanol–water partition coefficient (Wildman–Crippen LogP) is 16.9. The molecule has 0 bridgehead atoms. The molecule has 0 fully saturated rings. The van der Waals surface area contributed by atoms with Crippen molar-refractivity contribution in [3.63, 3.8) is 0 Å². The van der Waals surface area contributed by atoms with Crippen molar-refractivity contribution in [2.24, 2.45) is 0 Å². The van der Waals surface area contributed by atoms with Gasteiger partial charge in [0, 0.05) is 50.0 Å². The van der Waals surface area contributed by atoms with Crippen LogP contribution in [0.2, 0.25) is 0 Å². The smallest absolute Gasteiger partial charge is 0.0568 e. The Kier molecular flexibility index (Phi) is 8.53. The molecule has 0 unspecified atom stereocenters. The van der Waals surface area contributed by atoms with Crippen LogP contribution in [-0.4, -0.2) is 9.13 Å². The quantitative estimate of drug-likeness (QED) is 0.139. The van der Waals surface area contributed by atoms with Crippen LogP contribution in [0.4, 0.5) is 17.1 Å². The van der Waals surface area contributed by atoms with E-state index < -0.39 is 0 Å². The number of hydrogen-bond acceptors (Lipinski definition) is 1. The maximum absolute atomic E-state index is 2.47. The van der Waals surface area contributed by atoms with E-state index in [1.165, 1.54) is 87.8 Å². The summed E-state index contributed by atoms with van der Waals surface area (Å²) in [5.41, 5.74) is 17.5. The molecule has 0 aliphatic carbocycles. The van der Waals surface area contributed by atoms with Crippen LogP contribution in [0.25, 0.3) is 99.1 Å². The standard InChI is InChI=1S/C62H41N3/c1-4-14-42(15-5-1)44-26-32-51(33-27-44)63(52-34-28-45(29-35-52)43-16-6-2-7-17-43)54-39-48-25-24-47-38-49(40-59-61(47)62(48)60(41-54)65(59)50-18-8-3-9-19-50)46-30-36-53(37-31-46)64-57-22-12-10-20-55(57)56-21-11-13-23-58(56)64/h1-41H. The first-order chi connectivity index (χ1) is 32.2. The Hall–Kier alpha value is -8.66. The minimum Gasteiger partial charge on any atom is -0.310 e. The van der Waals surface area contributed by atoms with Gasteiger partial charge in [-0.25, -0.2) is 0 Å². The van der Waals surface area contributed by atoms with Crippen LogP contribution in [0.3, 0.4) is 0 Å². The lowest BCUT2D eigenvalue weighted by atomic mass is 9.96. The topological polar surface area (TPSA) is 13.1 Å². The number of hydrogen-bond donors (Lipinski definition) is 0. The van der Waals surface area contributed by atoms with Crippen molar-refractivity contribution in [3.8, 4) is 44.8 Å². The van der Waals surface area contributed by atoms with Crippen molar-refractivity contribution in [1.82, 2.24) is 9.13 Å². The highest BCUT2D eigenvalue weighted by Gasteiger charge is 2.22. The molecule has 2 aromatic heterocycles. The van der Waals surface area contributed by atoms with E-state index in [-0.39, 0.29) is 0 Å². The third kappa shape index (κ3) is 6.12. The molecule has 304 valence electrons. The fourth-order valence-corrected chi connectivity index (χ4v) is 10.2. The number of anilines is 3. The van der Waals surface area contributed by atoms with Crippen LogP contribution in [0.5, 0.6) is 0 Å². The predicted molar refractivity (Wildman–Crippen MR) is 275 cm³/mol. The van der Waals surface area contributed by atoms with E-state index in [2.05, 4.69) is 263 Å². The van der Waals surface area contributed by atoms with Crippen LogP contribution in [0.1, 0.15) is 0 Å². The largest absolute Gasteiger partial charge is 0.310 e. The summed E-state index contributed by atoms with van der Waals surface area (Å²) in [6.07, 6.45) is 0. The van der Waals surface area contributed by atoms with Gasteiger partial charge in [-0.2, -0.15) is 0 Å². The van der Waals surface area contributed by atoms with Gasteiger partial charge in [-0.05, 0) is 129 Å². The van der Waals surface area contributed by atoms with Gasteiger partial charge in [-0.1, -0.05) is 164 Å². The Bertz CT molecular complexity index is 3690. The second-order valence-electron chi connectivity index (χ2n) is 17.0. The first-order valence-electron chi connectivity index (χ1n) is 22.3. The van der Waals surface area contributed by atoms with Gasteiger partial charge in [0.2, 0.25) is 0 Å². The zero-order chi connectivity index (χ0) is 42.8. The molecule has 0 amide bonds. The molecule has 2 heterocycles. The van der Waals surface area contributed by atoms with Gasteiger partial charge < -0.3 is 14.0 Å². The number of fused-ring (bicyclic) bond motifs is 3. The number of nitrogens with zero attached hydrogens (tertiary/aromatic N) is 3. The molecular weight excluding hydrogens is 787 g/mol. The molecule has 0 saturated heterocycles. The minimum atomic E-state index is 1.10. The van der Waals surface area contributed by atoms with Crippen LogP contribution in [0.15, 0.2) is 249 Å². The highest BCUT2D eigenvalue weighted by Crippen LogP contribution is 2.46. The van der Waals surface area contributed by atoms with E-state index in [1.54, 1.807) is 0 Å². The molecule has 13 rings (SSSR count). The van der Waals surface area contributed by atoms with Crippen molar-refractivity contribution in [1.29, 1.82) is 0 Å². The van der Waals surface area contributed by atoms with Gasteiger partial charge >= 0.3 is 0 Å². The Labute approximate surface area is 377 Å². The molecule has 0 saturated carbocycles. The summed E-state index contributed by atoms with van der Waals surface area (Å²) in [5.74, 6) is 0. The lowest BCUT2D eigenvalue weighted by molar-refractivity contribution is 1.18. The van der Waals surface area contributed by atoms with E-state index >= 15 is 0 Å². The second-order valence-corrected chi connectivity index (χ2v) is 17.0. The molecule has 0 aliphatic rings. The molecule has 13 aromatic rings. The number of aromatic nitrogens is 2. The summed E-state index contributed by atoms with van der Waals surface area (Å²) in [6, 6.07) is 90.7. The number of benzene rings is 11. The maximum Gasteiger partial charge on any atom is 0.0568 e. The second kappa shape index (κ2) is 15.0. The summed E-state index contributed by atoms with van der Waals surface area (Å²) in [5, 5.41) is 7.53. The van der Waals surface area contributed by atoms with Crippen molar-refractivity contribution in [2.75, 3.05) is 4.90 Å². The van der Waals surface area contributed by atoms with Crippen molar-refractivity contribution in [3.05, 3.63) is 249 Å². The minimum absolute atomic E-state index is 1.10. The van der Waals surface area contributed by atoms with E-state index in [0.717, 1.165) is 28.4 Å². The van der Waals surface area contributed by atoms with E-state index in [0.29, 0.717) is 0 Å². The van der Waals surface area contributed by atoms with Crippen molar-refractivity contribution in [2.45, 2.75) is 0 Å². The molecule has 0 radical (unpaired) electrons. The zero-order valence-electron chi connectivity index (χ0n) is 35.5. The van der Waals surface area contributed by atoms with Gasteiger partial charge in [0.05, 0.1) is 22.1 Å². The van der Waals surface area contributed by atoms with Crippen LogP contribution >= 0.6 is 0 Å². The lowest BCUT2D eigenvalue weighted by Gasteiger charge is -2.26. The Morgan fingerprint density at radius 1 is 0.246 bits per heavy atom. The average Bonchev–Trinajstić information content (AvgIpc) is 3.90. The summed E-state index contributed by atoms with van der Waals surface area (Å²) >= 11 is 0. The fourth-order valence-electron chi connectivity index (χ4n) is 10.2. The third-order valence-corrected chi connectivity index (χ3v) is 13.2. The third-order valence-electron chi connectivity index (χ3n) is 13.2. The van der Waals surface area contributed by atoms with Crippen LogP contribution in [0, 0.1) is 0 Å². The SMILES string of the molecule is c1ccc(-c2ccc(N(c3ccc(-c4ccccc4)cc3)c3cc4ccc5cc(-c6ccc(-n7c8ccccc8c8ccccc87)cc6)cc6c5c4c(c3)n6-c3ccccc3)cc2)cc1. The summed E-state index contributed by atoms with van der Waals surface area (Å²) in [4.78, 5) is 2.40. The molecular formula is C62H41N3. The van der Waals surface area contributed by atoms with E-state index in [9.17, 15) is 0 Å². The normalized spacial score (nSPS) is 11.7. The number of rotatable bonds is 8. The first-order valence-corrected chi connectivity index (χ1v) is 22.3.